The fourth-order valence-corrected chi connectivity index (χ4v) is 3.73. The van der Waals surface area contributed by atoms with Crippen LogP contribution in [0.25, 0.3) is 0 Å². The number of piperidine rings is 1. The Labute approximate surface area is 138 Å². The minimum atomic E-state index is 0.0115. The first-order valence-corrected chi connectivity index (χ1v) is 8.79. The lowest BCUT2D eigenvalue weighted by Gasteiger charge is -2.40. The number of hydrogen-bond donors (Lipinski definition) is 1. The molecule has 1 fully saturated rings. The molecule has 1 saturated heterocycles. The van der Waals surface area contributed by atoms with Gasteiger partial charge in [0.05, 0.1) is 0 Å². The summed E-state index contributed by atoms with van der Waals surface area (Å²) in [7, 11) is 0. The first kappa shape index (κ1) is 16.3. The highest BCUT2D eigenvalue weighted by atomic mass is 16.5. The Bertz CT molecular complexity index is 556. The molecule has 0 spiro atoms. The van der Waals surface area contributed by atoms with Gasteiger partial charge in [-0.3, -0.25) is 4.79 Å². The van der Waals surface area contributed by atoms with E-state index in [4.69, 9.17) is 4.74 Å². The number of nitrogens with zero attached hydrogens (tertiary/aromatic N) is 1. The number of ether oxygens (including phenoxy) is 1. The van der Waals surface area contributed by atoms with E-state index in [1.54, 1.807) is 0 Å². The number of likely N-dealkylation sites (tertiary alicyclic amines) is 1. The maximum absolute atomic E-state index is 12.3. The van der Waals surface area contributed by atoms with Crippen LogP contribution >= 0.6 is 0 Å². The fourth-order valence-electron chi connectivity index (χ4n) is 3.73. The molecule has 1 amide bonds. The summed E-state index contributed by atoms with van der Waals surface area (Å²) in [6.07, 6.45) is 6.22. The molecule has 1 aromatic rings. The van der Waals surface area contributed by atoms with Gasteiger partial charge in [0.25, 0.3) is 5.91 Å². The van der Waals surface area contributed by atoms with Gasteiger partial charge in [-0.25, -0.2) is 0 Å². The van der Waals surface area contributed by atoms with E-state index in [0.29, 0.717) is 0 Å². The molecular weight excluding hydrogens is 290 g/mol. The summed E-state index contributed by atoms with van der Waals surface area (Å²) in [6.45, 7) is 3.89. The first-order valence-electron chi connectivity index (χ1n) is 8.79. The van der Waals surface area contributed by atoms with Crippen molar-refractivity contribution in [2.75, 3.05) is 26.3 Å². The van der Waals surface area contributed by atoms with Crippen LogP contribution in [0.4, 0.5) is 0 Å². The number of aliphatic hydroxyl groups is 1. The molecule has 0 aromatic heterocycles. The Hall–Kier alpha value is -1.55. The highest BCUT2D eigenvalue weighted by Crippen LogP contribution is 2.34. The van der Waals surface area contributed by atoms with E-state index in [1.807, 2.05) is 11.0 Å². The van der Waals surface area contributed by atoms with Gasteiger partial charge in [0, 0.05) is 19.7 Å². The number of aryl methyl sites for hydroxylation is 2. The smallest absolute Gasteiger partial charge is 0.260 e. The lowest BCUT2D eigenvalue weighted by atomic mass is 9.77. The molecule has 1 N–H and O–H groups in total. The number of aliphatic hydroxyl groups excluding tert-OH is 1. The zero-order valence-electron chi connectivity index (χ0n) is 14.0. The van der Waals surface area contributed by atoms with Gasteiger partial charge >= 0.3 is 0 Å². The maximum Gasteiger partial charge on any atom is 0.260 e. The van der Waals surface area contributed by atoms with Crippen LogP contribution < -0.4 is 4.74 Å². The SMILES string of the molecule is CCC1(CO)CCN(C(=O)COc2ccc3c(c2)CCC3)CC1. The number of benzene rings is 1. The third-order valence-corrected chi connectivity index (χ3v) is 5.69. The molecule has 3 rings (SSSR count). The van der Waals surface area contributed by atoms with Crippen LogP contribution in [-0.4, -0.2) is 42.2 Å². The summed E-state index contributed by atoms with van der Waals surface area (Å²) in [5, 5.41) is 9.57. The Morgan fingerprint density at radius 1 is 1.26 bits per heavy atom. The first-order chi connectivity index (χ1) is 11.2. The number of carbonyl (C=O) groups is 1. The van der Waals surface area contributed by atoms with Crippen LogP contribution in [0, 0.1) is 5.41 Å². The molecule has 1 heterocycles. The van der Waals surface area contributed by atoms with Gasteiger partial charge in [0.15, 0.2) is 6.61 Å². The molecule has 1 aliphatic carbocycles. The average Bonchev–Trinajstić information content (AvgIpc) is 3.07. The van der Waals surface area contributed by atoms with Crippen molar-refractivity contribution in [2.24, 2.45) is 5.41 Å². The van der Waals surface area contributed by atoms with E-state index in [9.17, 15) is 9.90 Å². The number of hydrogen-bond acceptors (Lipinski definition) is 3. The molecule has 0 bridgehead atoms. The van der Waals surface area contributed by atoms with Gasteiger partial charge in [-0.1, -0.05) is 13.0 Å². The molecule has 2 aliphatic rings. The zero-order chi connectivity index (χ0) is 16.3. The number of amides is 1. The van der Waals surface area contributed by atoms with E-state index in [-0.39, 0.29) is 24.5 Å². The van der Waals surface area contributed by atoms with Crippen LogP contribution in [0.5, 0.6) is 5.75 Å². The summed E-state index contributed by atoms with van der Waals surface area (Å²) >= 11 is 0. The van der Waals surface area contributed by atoms with Crippen molar-refractivity contribution >= 4 is 5.91 Å². The third kappa shape index (κ3) is 3.52. The maximum atomic E-state index is 12.3. The van der Waals surface area contributed by atoms with Crippen LogP contribution in [0.1, 0.15) is 43.7 Å². The van der Waals surface area contributed by atoms with Crippen LogP contribution in [-0.2, 0) is 17.6 Å². The fraction of sp³-hybridized carbons (Fsp3) is 0.632. The van der Waals surface area contributed by atoms with Crippen molar-refractivity contribution in [3.8, 4) is 5.75 Å². The predicted octanol–water partition coefficient (Wildman–Crippen LogP) is 2.57. The van der Waals surface area contributed by atoms with E-state index in [0.717, 1.165) is 50.9 Å². The van der Waals surface area contributed by atoms with Crippen molar-refractivity contribution in [2.45, 2.75) is 45.4 Å². The second kappa shape index (κ2) is 6.91. The van der Waals surface area contributed by atoms with Crippen LogP contribution in [0.2, 0.25) is 0 Å². The van der Waals surface area contributed by atoms with Crippen molar-refractivity contribution < 1.29 is 14.6 Å². The molecule has 1 aromatic carbocycles. The minimum absolute atomic E-state index is 0.0115. The molecule has 0 saturated carbocycles. The van der Waals surface area contributed by atoms with E-state index in [1.165, 1.54) is 17.5 Å². The lowest BCUT2D eigenvalue weighted by molar-refractivity contribution is -0.136. The van der Waals surface area contributed by atoms with E-state index in [2.05, 4.69) is 19.1 Å². The third-order valence-electron chi connectivity index (χ3n) is 5.69. The van der Waals surface area contributed by atoms with Crippen LogP contribution in [0.3, 0.4) is 0 Å². The van der Waals surface area contributed by atoms with Gasteiger partial charge in [0.2, 0.25) is 0 Å². The summed E-state index contributed by atoms with van der Waals surface area (Å²) in [4.78, 5) is 14.2. The molecule has 126 valence electrons. The molecule has 1 aliphatic heterocycles. The molecular formula is C19H27NO3. The van der Waals surface area contributed by atoms with Crippen molar-refractivity contribution in [3.05, 3.63) is 29.3 Å². The monoisotopic (exact) mass is 317 g/mol. The summed E-state index contributed by atoms with van der Waals surface area (Å²) < 4.78 is 5.71. The number of rotatable bonds is 5. The number of carbonyl (C=O) groups excluding carboxylic acids is 1. The minimum Gasteiger partial charge on any atom is -0.484 e. The molecule has 0 atom stereocenters. The lowest BCUT2D eigenvalue weighted by Crippen LogP contribution is -2.46. The van der Waals surface area contributed by atoms with Crippen LogP contribution in [0.15, 0.2) is 18.2 Å². The predicted molar refractivity (Wildman–Crippen MR) is 89.6 cm³/mol. The Morgan fingerprint density at radius 3 is 2.70 bits per heavy atom. The molecule has 4 heteroatoms. The summed E-state index contributed by atoms with van der Waals surface area (Å²) in [6, 6.07) is 6.18. The molecule has 0 radical (unpaired) electrons. The highest BCUT2D eigenvalue weighted by molar-refractivity contribution is 5.77. The Morgan fingerprint density at radius 2 is 2.00 bits per heavy atom. The van der Waals surface area contributed by atoms with Gasteiger partial charge in [0.1, 0.15) is 5.75 Å². The molecule has 23 heavy (non-hydrogen) atoms. The van der Waals surface area contributed by atoms with E-state index >= 15 is 0 Å². The molecule has 0 unspecified atom stereocenters. The van der Waals surface area contributed by atoms with Gasteiger partial charge < -0.3 is 14.7 Å². The molecule has 4 nitrogen and oxygen atoms in total. The summed E-state index contributed by atoms with van der Waals surface area (Å²) in [5.74, 6) is 0.849. The normalized spacial score (nSPS) is 19.5. The Balaban J connectivity index is 1.50. The van der Waals surface area contributed by atoms with Gasteiger partial charge in [-0.2, -0.15) is 0 Å². The van der Waals surface area contributed by atoms with Crippen molar-refractivity contribution in [1.82, 2.24) is 4.90 Å². The topological polar surface area (TPSA) is 49.8 Å². The zero-order valence-corrected chi connectivity index (χ0v) is 14.0. The average molecular weight is 317 g/mol. The number of fused-ring (bicyclic) bond motifs is 1. The standard InChI is InChI=1S/C19H27NO3/c1-2-19(14-21)8-10-20(11-9-19)18(22)13-23-17-7-6-15-4-3-5-16(15)12-17/h6-7,12,21H,2-5,8-11,13-14H2,1H3. The van der Waals surface area contributed by atoms with Gasteiger partial charge in [-0.15, -0.1) is 0 Å². The summed E-state index contributed by atoms with van der Waals surface area (Å²) in [5.41, 5.74) is 2.79. The highest BCUT2D eigenvalue weighted by Gasteiger charge is 2.33. The quantitative estimate of drug-likeness (QED) is 0.908. The largest absolute Gasteiger partial charge is 0.484 e. The second-order valence-electron chi connectivity index (χ2n) is 6.97. The van der Waals surface area contributed by atoms with Gasteiger partial charge in [-0.05, 0) is 67.2 Å². The van der Waals surface area contributed by atoms with Crippen molar-refractivity contribution in [3.63, 3.8) is 0 Å². The van der Waals surface area contributed by atoms with E-state index < -0.39 is 0 Å². The second-order valence-corrected chi connectivity index (χ2v) is 6.97. The Kier molecular flexibility index (Phi) is 4.90. The van der Waals surface area contributed by atoms with Crippen molar-refractivity contribution in [1.29, 1.82) is 0 Å².